The lowest BCUT2D eigenvalue weighted by Gasteiger charge is -2.21. The van der Waals surface area contributed by atoms with E-state index in [1.165, 1.54) is 17.2 Å². The van der Waals surface area contributed by atoms with E-state index in [-0.39, 0.29) is 17.4 Å². The number of anilines is 2. The summed E-state index contributed by atoms with van der Waals surface area (Å²) in [5, 5.41) is 7.13. The van der Waals surface area contributed by atoms with Crippen molar-refractivity contribution in [1.29, 1.82) is 0 Å². The highest BCUT2D eigenvalue weighted by molar-refractivity contribution is 5.77. The Hall–Kier alpha value is -3.59. The lowest BCUT2D eigenvalue weighted by Crippen LogP contribution is -2.25. The van der Waals surface area contributed by atoms with Crippen molar-refractivity contribution in [2.75, 3.05) is 11.9 Å². The molecule has 3 aromatic heterocycles. The average Bonchev–Trinajstić information content (AvgIpc) is 3.11. The number of halogens is 1. The summed E-state index contributed by atoms with van der Waals surface area (Å²) in [6.45, 7) is 13.4. The van der Waals surface area contributed by atoms with Crippen LogP contribution in [0.1, 0.15) is 63.0 Å². The van der Waals surface area contributed by atoms with Crippen LogP contribution in [0.3, 0.4) is 0 Å². The Labute approximate surface area is 209 Å². The standard InChI is InChI=1S/C27H32FN7O/c1-15(2)34-25(36)19-14-30-26(31-21-12-17-9-10-29-13-18(17)11-16(21)3)33-24(19)35(34)22-8-7-20(28)23(32-22)27(4,5)6/h7-8,11-12,14-15,29H,9-10,13H2,1-6H3,(H,30,31,33). The van der Waals surface area contributed by atoms with Gasteiger partial charge in [-0.2, -0.15) is 4.98 Å². The second-order valence-electron chi connectivity index (χ2n) is 10.7. The molecule has 0 atom stereocenters. The molecule has 1 aliphatic heterocycles. The fourth-order valence-electron chi connectivity index (χ4n) is 4.73. The number of hydrogen-bond donors (Lipinski definition) is 2. The smallest absolute Gasteiger partial charge is 0.278 e. The van der Waals surface area contributed by atoms with Gasteiger partial charge in [-0.1, -0.05) is 26.8 Å². The number of aryl methyl sites for hydroxylation is 1. The number of hydrogen-bond acceptors (Lipinski definition) is 6. The van der Waals surface area contributed by atoms with Crippen molar-refractivity contribution in [2.24, 2.45) is 0 Å². The Morgan fingerprint density at radius 1 is 1.14 bits per heavy atom. The molecule has 2 N–H and O–H groups in total. The van der Waals surface area contributed by atoms with Crippen LogP contribution < -0.4 is 16.2 Å². The summed E-state index contributed by atoms with van der Waals surface area (Å²) in [6.07, 6.45) is 2.52. The quantitative estimate of drug-likeness (QED) is 0.432. The van der Waals surface area contributed by atoms with Gasteiger partial charge in [0.25, 0.3) is 5.56 Å². The molecule has 9 heteroatoms. The molecule has 188 valence electrons. The van der Waals surface area contributed by atoms with Crippen LogP contribution >= 0.6 is 0 Å². The molecule has 0 spiro atoms. The minimum atomic E-state index is -0.507. The number of aromatic nitrogens is 5. The molecular weight excluding hydrogens is 457 g/mol. The highest BCUT2D eigenvalue weighted by Gasteiger charge is 2.25. The van der Waals surface area contributed by atoms with Gasteiger partial charge in [0.05, 0.1) is 5.69 Å². The average molecular weight is 490 g/mol. The van der Waals surface area contributed by atoms with Crippen molar-refractivity contribution in [3.05, 3.63) is 69.0 Å². The van der Waals surface area contributed by atoms with Crippen molar-refractivity contribution in [3.8, 4) is 5.82 Å². The van der Waals surface area contributed by atoms with Crippen molar-refractivity contribution < 1.29 is 4.39 Å². The van der Waals surface area contributed by atoms with Crippen LogP contribution in [-0.4, -0.2) is 30.9 Å². The maximum Gasteiger partial charge on any atom is 0.278 e. The molecule has 4 aromatic rings. The van der Waals surface area contributed by atoms with Gasteiger partial charge in [0.1, 0.15) is 11.2 Å². The molecule has 1 aromatic carbocycles. The monoisotopic (exact) mass is 489 g/mol. The molecule has 5 rings (SSSR count). The van der Waals surface area contributed by atoms with Crippen LogP contribution in [0.25, 0.3) is 16.9 Å². The lowest BCUT2D eigenvalue weighted by atomic mass is 9.91. The number of fused-ring (bicyclic) bond motifs is 2. The van der Waals surface area contributed by atoms with Gasteiger partial charge in [-0.05, 0) is 68.6 Å². The molecule has 0 radical (unpaired) electrons. The van der Waals surface area contributed by atoms with Crippen molar-refractivity contribution in [2.45, 2.75) is 66.0 Å². The highest BCUT2D eigenvalue weighted by Crippen LogP contribution is 2.28. The number of benzene rings is 1. The first-order chi connectivity index (χ1) is 17.0. The first-order valence-electron chi connectivity index (χ1n) is 12.3. The van der Waals surface area contributed by atoms with Crippen LogP contribution in [0.15, 0.2) is 35.3 Å². The third-order valence-electron chi connectivity index (χ3n) is 6.55. The molecule has 0 unspecified atom stereocenters. The van der Waals surface area contributed by atoms with E-state index in [2.05, 4.69) is 39.7 Å². The lowest BCUT2D eigenvalue weighted by molar-refractivity contribution is 0.462. The zero-order chi connectivity index (χ0) is 25.8. The van der Waals surface area contributed by atoms with Crippen LogP contribution in [0.4, 0.5) is 16.0 Å². The molecule has 36 heavy (non-hydrogen) atoms. The molecule has 1 aliphatic rings. The maximum atomic E-state index is 14.6. The normalized spacial score (nSPS) is 13.9. The van der Waals surface area contributed by atoms with Gasteiger partial charge in [-0.25, -0.2) is 23.7 Å². The minimum Gasteiger partial charge on any atom is -0.324 e. The van der Waals surface area contributed by atoms with Gasteiger partial charge in [0.2, 0.25) is 5.95 Å². The summed E-state index contributed by atoms with van der Waals surface area (Å²) in [6, 6.07) is 7.14. The minimum absolute atomic E-state index is 0.176. The van der Waals surface area contributed by atoms with Crippen LogP contribution in [-0.2, 0) is 18.4 Å². The summed E-state index contributed by atoms with van der Waals surface area (Å²) in [7, 11) is 0. The van der Waals surface area contributed by atoms with E-state index in [0.717, 1.165) is 30.8 Å². The van der Waals surface area contributed by atoms with Crippen molar-refractivity contribution in [1.82, 2.24) is 29.6 Å². The SMILES string of the molecule is Cc1cc2c(cc1Nc1ncc3c(=O)n(C(C)C)n(-c4ccc(F)c(C(C)(C)C)n4)c3n1)CCNC2. The first kappa shape index (κ1) is 24.1. The van der Waals surface area contributed by atoms with Gasteiger partial charge >= 0.3 is 0 Å². The summed E-state index contributed by atoms with van der Waals surface area (Å²) in [5.74, 6) is 0.438. The van der Waals surface area contributed by atoms with E-state index < -0.39 is 5.41 Å². The van der Waals surface area contributed by atoms with Gasteiger partial charge in [0, 0.05) is 29.9 Å². The Kier molecular flexibility index (Phi) is 5.90. The first-order valence-corrected chi connectivity index (χ1v) is 12.3. The van der Waals surface area contributed by atoms with E-state index in [1.54, 1.807) is 21.6 Å². The molecule has 0 saturated heterocycles. The predicted octanol–water partition coefficient (Wildman–Crippen LogP) is 4.69. The Balaban J connectivity index is 1.66. The summed E-state index contributed by atoms with van der Waals surface area (Å²) in [5.41, 5.74) is 4.66. The summed E-state index contributed by atoms with van der Waals surface area (Å²) >= 11 is 0. The Morgan fingerprint density at radius 3 is 2.64 bits per heavy atom. The molecule has 0 fully saturated rings. The van der Waals surface area contributed by atoms with Crippen molar-refractivity contribution >= 4 is 22.7 Å². The third kappa shape index (κ3) is 4.17. The molecule has 0 bridgehead atoms. The third-order valence-corrected chi connectivity index (χ3v) is 6.55. The van der Waals surface area contributed by atoms with E-state index in [9.17, 15) is 9.18 Å². The second kappa shape index (κ2) is 8.81. The highest BCUT2D eigenvalue weighted by atomic mass is 19.1. The summed E-state index contributed by atoms with van der Waals surface area (Å²) < 4.78 is 17.9. The van der Waals surface area contributed by atoms with Gasteiger partial charge in [-0.15, -0.1) is 0 Å². The number of nitrogens with one attached hydrogen (secondary N) is 2. The molecule has 4 heterocycles. The number of nitrogens with zero attached hydrogens (tertiary/aromatic N) is 5. The van der Waals surface area contributed by atoms with Crippen molar-refractivity contribution in [3.63, 3.8) is 0 Å². The van der Waals surface area contributed by atoms with E-state index in [4.69, 9.17) is 4.98 Å². The zero-order valence-corrected chi connectivity index (χ0v) is 21.6. The molecule has 8 nitrogen and oxygen atoms in total. The number of rotatable bonds is 4. The van der Waals surface area contributed by atoms with E-state index in [1.807, 2.05) is 34.6 Å². The van der Waals surface area contributed by atoms with E-state index in [0.29, 0.717) is 28.5 Å². The molecule has 0 amide bonds. The van der Waals surface area contributed by atoms with Gasteiger partial charge < -0.3 is 10.6 Å². The Morgan fingerprint density at radius 2 is 1.92 bits per heavy atom. The fraction of sp³-hybridized carbons (Fsp3) is 0.407. The largest absolute Gasteiger partial charge is 0.324 e. The molecular formula is C27H32FN7O. The van der Waals surface area contributed by atoms with Gasteiger partial charge in [-0.3, -0.25) is 4.79 Å². The van der Waals surface area contributed by atoms with E-state index >= 15 is 0 Å². The predicted molar refractivity (Wildman–Crippen MR) is 140 cm³/mol. The van der Waals surface area contributed by atoms with Crippen LogP contribution in [0.5, 0.6) is 0 Å². The number of pyridine rings is 1. The maximum absolute atomic E-state index is 14.6. The Bertz CT molecular complexity index is 1530. The van der Waals surface area contributed by atoms with Crippen LogP contribution in [0.2, 0.25) is 0 Å². The molecule has 0 saturated carbocycles. The summed E-state index contributed by atoms with van der Waals surface area (Å²) in [4.78, 5) is 27.2. The van der Waals surface area contributed by atoms with Gasteiger partial charge in [0.15, 0.2) is 11.5 Å². The fourth-order valence-corrected chi connectivity index (χ4v) is 4.73. The second-order valence-corrected chi connectivity index (χ2v) is 10.7. The topological polar surface area (TPSA) is 89.7 Å². The van der Waals surface area contributed by atoms with Crippen LogP contribution in [0, 0.1) is 12.7 Å². The zero-order valence-electron chi connectivity index (χ0n) is 21.6. The molecule has 0 aliphatic carbocycles.